The highest BCUT2D eigenvalue weighted by atomic mass is 16.5. The molecule has 1 aliphatic rings. The van der Waals surface area contributed by atoms with E-state index in [1.54, 1.807) is 13.4 Å². The molecule has 1 saturated heterocycles. The molecule has 2 aromatic rings. The predicted molar refractivity (Wildman–Crippen MR) is 105 cm³/mol. The van der Waals surface area contributed by atoms with Crippen LogP contribution in [-0.4, -0.2) is 65.6 Å². The van der Waals surface area contributed by atoms with Gasteiger partial charge in [-0.1, -0.05) is 0 Å². The Labute approximate surface area is 159 Å². The number of methoxy groups -OCH3 is 1. The van der Waals surface area contributed by atoms with Gasteiger partial charge in [-0.25, -0.2) is 4.79 Å². The van der Waals surface area contributed by atoms with Crippen LogP contribution < -0.4 is 10.6 Å². The Morgan fingerprint density at radius 2 is 2.15 bits per heavy atom. The molecule has 0 radical (unpaired) electrons. The zero-order chi connectivity index (χ0) is 19.1. The summed E-state index contributed by atoms with van der Waals surface area (Å²) >= 11 is 0. The van der Waals surface area contributed by atoms with Gasteiger partial charge in [0.2, 0.25) is 0 Å². The van der Waals surface area contributed by atoms with Gasteiger partial charge in [-0.05, 0) is 49.6 Å². The lowest BCUT2D eigenvalue weighted by atomic mass is 10.1. The van der Waals surface area contributed by atoms with Crippen LogP contribution in [0.2, 0.25) is 0 Å². The highest BCUT2D eigenvalue weighted by molar-refractivity contribution is 5.89. The molecule has 27 heavy (non-hydrogen) atoms. The number of likely N-dealkylation sites (tertiary alicyclic amines) is 1. The van der Waals surface area contributed by atoms with Crippen molar-refractivity contribution in [3.8, 4) is 11.4 Å². The lowest BCUT2D eigenvalue weighted by Crippen LogP contribution is -2.34. The Balaban J connectivity index is 1.40. The third-order valence-electron chi connectivity index (χ3n) is 4.86. The smallest absolute Gasteiger partial charge is 0.319 e. The van der Waals surface area contributed by atoms with E-state index in [-0.39, 0.29) is 6.03 Å². The molecule has 1 aromatic heterocycles. The van der Waals surface area contributed by atoms with Crippen LogP contribution in [0.5, 0.6) is 0 Å². The number of urea groups is 1. The first-order valence-electron chi connectivity index (χ1n) is 9.36. The molecule has 8 nitrogen and oxygen atoms in total. The molecule has 2 N–H and O–H groups in total. The molecule has 2 heterocycles. The van der Waals surface area contributed by atoms with E-state index >= 15 is 0 Å². The largest absolute Gasteiger partial charge is 0.385 e. The van der Waals surface area contributed by atoms with Crippen LogP contribution in [-0.2, 0) is 11.8 Å². The normalized spacial score (nSPS) is 17.2. The lowest BCUT2D eigenvalue weighted by molar-refractivity contribution is 0.178. The highest BCUT2D eigenvalue weighted by Crippen LogP contribution is 2.19. The molecule has 0 unspecified atom stereocenters. The fourth-order valence-corrected chi connectivity index (χ4v) is 3.37. The first-order chi connectivity index (χ1) is 13.2. The maximum Gasteiger partial charge on any atom is 0.319 e. The molecule has 0 saturated carbocycles. The number of carbonyl (C=O) groups excluding carboxylic acids is 1. The van der Waals surface area contributed by atoms with Crippen molar-refractivity contribution in [1.82, 2.24) is 25.0 Å². The molecule has 1 fully saturated rings. The number of hydrogen-bond acceptors (Lipinski definition) is 5. The monoisotopic (exact) mass is 372 g/mol. The molecule has 3 rings (SSSR count). The number of nitrogens with one attached hydrogen (secondary N) is 2. The van der Waals surface area contributed by atoms with Crippen LogP contribution in [0.15, 0.2) is 30.6 Å². The quantitative estimate of drug-likeness (QED) is 0.692. The Kier molecular flexibility index (Phi) is 6.78. The number of hydrogen-bond donors (Lipinski definition) is 2. The van der Waals surface area contributed by atoms with Crippen molar-refractivity contribution in [3.05, 3.63) is 30.6 Å². The maximum atomic E-state index is 12.2. The molecule has 2 amide bonds. The van der Waals surface area contributed by atoms with Crippen LogP contribution in [0, 0.1) is 5.92 Å². The topological polar surface area (TPSA) is 84.3 Å². The summed E-state index contributed by atoms with van der Waals surface area (Å²) in [6, 6.07) is 7.43. The Morgan fingerprint density at radius 3 is 2.85 bits per heavy atom. The zero-order valence-electron chi connectivity index (χ0n) is 16.0. The number of aromatic nitrogens is 3. The second-order valence-corrected chi connectivity index (χ2v) is 6.98. The van der Waals surface area contributed by atoms with Gasteiger partial charge in [0.05, 0.1) is 0 Å². The average Bonchev–Trinajstić information content (AvgIpc) is 3.30. The molecular weight excluding hydrogens is 344 g/mol. The Bertz CT molecular complexity index is 730. The molecule has 0 aliphatic carbocycles. The number of carbonyl (C=O) groups is 1. The number of amides is 2. The summed E-state index contributed by atoms with van der Waals surface area (Å²) in [7, 11) is 3.63. The molecule has 1 atom stereocenters. The van der Waals surface area contributed by atoms with Crippen molar-refractivity contribution in [1.29, 1.82) is 0 Å². The zero-order valence-corrected chi connectivity index (χ0v) is 16.0. The van der Waals surface area contributed by atoms with Gasteiger partial charge in [0.25, 0.3) is 0 Å². The summed E-state index contributed by atoms with van der Waals surface area (Å²) in [4.78, 5) is 14.6. The van der Waals surface area contributed by atoms with E-state index in [1.807, 2.05) is 35.9 Å². The third kappa shape index (κ3) is 5.51. The van der Waals surface area contributed by atoms with Crippen LogP contribution >= 0.6 is 0 Å². The molecule has 0 spiro atoms. The molecule has 0 bridgehead atoms. The molecular formula is C19H28N6O2. The summed E-state index contributed by atoms with van der Waals surface area (Å²) in [5, 5.41) is 13.8. The van der Waals surface area contributed by atoms with Gasteiger partial charge in [0.15, 0.2) is 5.82 Å². The summed E-state index contributed by atoms with van der Waals surface area (Å²) in [6.07, 6.45) is 3.85. The van der Waals surface area contributed by atoms with Crippen molar-refractivity contribution in [3.63, 3.8) is 0 Å². The minimum atomic E-state index is -0.167. The standard InChI is InChI=1S/C19H28N6O2/c1-24-14-21-23-18(24)16-4-6-17(7-5-16)22-19(26)20-12-15-8-10-25(13-15)9-3-11-27-2/h4-7,14-15H,3,8-13H2,1-2H3,(H2,20,22,26)/t15-/m1/s1. The fourth-order valence-electron chi connectivity index (χ4n) is 3.37. The Hall–Kier alpha value is -2.45. The van der Waals surface area contributed by atoms with Crippen LogP contribution in [0.4, 0.5) is 10.5 Å². The minimum Gasteiger partial charge on any atom is -0.385 e. The van der Waals surface area contributed by atoms with E-state index in [9.17, 15) is 4.79 Å². The van der Waals surface area contributed by atoms with E-state index in [0.29, 0.717) is 12.5 Å². The molecule has 1 aromatic carbocycles. The van der Waals surface area contributed by atoms with Gasteiger partial charge < -0.3 is 24.8 Å². The third-order valence-corrected chi connectivity index (χ3v) is 4.86. The van der Waals surface area contributed by atoms with Crippen LogP contribution in [0.3, 0.4) is 0 Å². The molecule has 8 heteroatoms. The number of aryl methyl sites for hydroxylation is 1. The second-order valence-electron chi connectivity index (χ2n) is 6.98. The van der Waals surface area contributed by atoms with Crippen molar-refractivity contribution >= 4 is 11.7 Å². The van der Waals surface area contributed by atoms with Gasteiger partial charge >= 0.3 is 6.03 Å². The van der Waals surface area contributed by atoms with Gasteiger partial charge in [-0.2, -0.15) is 0 Å². The Morgan fingerprint density at radius 1 is 1.33 bits per heavy atom. The van der Waals surface area contributed by atoms with E-state index < -0.39 is 0 Å². The number of rotatable bonds is 8. The first-order valence-corrected chi connectivity index (χ1v) is 9.36. The van der Waals surface area contributed by atoms with Gasteiger partial charge in [-0.3, -0.25) is 0 Å². The van der Waals surface area contributed by atoms with Gasteiger partial charge in [-0.15, -0.1) is 10.2 Å². The molecule has 1 aliphatic heterocycles. The SMILES string of the molecule is COCCCN1CC[C@H](CNC(=O)Nc2ccc(-c3nncn3C)cc2)C1. The van der Waals surface area contributed by atoms with E-state index in [1.165, 1.54) is 0 Å². The summed E-state index contributed by atoms with van der Waals surface area (Å²) in [6.45, 7) is 4.70. The minimum absolute atomic E-state index is 0.167. The van der Waals surface area contributed by atoms with E-state index in [2.05, 4.69) is 25.7 Å². The van der Waals surface area contributed by atoms with Gasteiger partial charge in [0.1, 0.15) is 6.33 Å². The van der Waals surface area contributed by atoms with E-state index in [4.69, 9.17) is 4.74 Å². The second kappa shape index (κ2) is 9.48. The van der Waals surface area contributed by atoms with Crippen molar-refractivity contribution in [2.45, 2.75) is 12.8 Å². The summed E-state index contributed by atoms with van der Waals surface area (Å²) in [5.41, 5.74) is 1.71. The number of nitrogens with zero attached hydrogens (tertiary/aromatic N) is 4. The highest BCUT2D eigenvalue weighted by Gasteiger charge is 2.22. The summed E-state index contributed by atoms with van der Waals surface area (Å²) in [5.74, 6) is 1.30. The molecule has 146 valence electrons. The van der Waals surface area contributed by atoms with E-state index in [0.717, 1.165) is 56.2 Å². The number of anilines is 1. The lowest BCUT2D eigenvalue weighted by Gasteiger charge is -2.16. The van der Waals surface area contributed by atoms with Crippen molar-refractivity contribution in [2.24, 2.45) is 13.0 Å². The van der Waals surface area contributed by atoms with Crippen molar-refractivity contribution < 1.29 is 9.53 Å². The van der Waals surface area contributed by atoms with Crippen molar-refractivity contribution in [2.75, 3.05) is 45.2 Å². The van der Waals surface area contributed by atoms with Gasteiger partial charge in [0, 0.05) is 51.6 Å². The maximum absolute atomic E-state index is 12.2. The average molecular weight is 372 g/mol. The number of ether oxygens (including phenoxy) is 1. The summed E-state index contributed by atoms with van der Waals surface area (Å²) < 4.78 is 6.95. The fraction of sp³-hybridized carbons (Fsp3) is 0.526. The number of benzene rings is 1. The predicted octanol–water partition coefficient (Wildman–Crippen LogP) is 1.96. The van der Waals surface area contributed by atoms with Crippen LogP contribution in [0.1, 0.15) is 12.8 Å². The first kappa shape index (κ1) is 19.3. The van der Waals surface area contributed by atoms with Crippen LogP contribution in [0.25, 0.3) is 11.4 Å².